The largest absolute Gasteiger partial charge is 0.490 e. The molecule has 0 aliphatic carbocycles. The number of benzene rings is 2. The summed E-state index contributed by atoms with van der Waals surface area (Å²) in [6.45, 7) is 0.439. The van der Waals surface area contributed by atoms with E-state index in [4.69, 9.17) is 4.74 Å². The van der Waals surface area contributed by atoms with Crippen molar-refractivity contribution in [3.63, 3.8) is 0 Å². The van der Waals surface area contributed by atoms with Crippen molar-refractivity contribution in [1.82, 2.24) is 9.55 Å². The Morgan fingerprint density at radius 3 is 2.71 bits per heavy atom. The molecular weight excluding hydrogens is 287 g/mol. The van der Waals surface area contributed by atoms with Crippen molar-refractivity contribution in [2.75, 3.05) is 12.4 Å². The lowest BCUT2D eigenvalue weighted by Gasteiger charge is -2.06. The molecular formula is C16H15FN2OS. The summed E-state index contributed by atoms with van der Waals surface area (Å²) in [7, 11) is 2.00. The van der Waals surface area contributed by atoms with Crippen LogP contribution in [-0.4, -0.2) is 21.9 Å². The fourth-order valence-corrected chi connectivity index (χ4v) is 2.90. The van der Waals surface area contributed by atoms with E-state index in [9.17, 15) is 4.39 Å². The van der Waals surface area contributed by atoms with Gasteiger partial charge in [-0.1, -0.05) is 36.0 Å². The number of aromatic nitrogens is 2. The van der Waals surface area contributed by atoms with Gasteiger partial charge in [-0.25, -0.2) is 9.37 Å². The molecule has 3 aromatic rings. The van der Waals surface area contributed by atoms with Gasteiger partial charge >= 0.3 is 0 Å². The number of hydrogen-bond donors (Lipinski definition) is 0. The van der Waals surface area contributed by atoms with Gasteiger partial charge in [0.2, 0.25) is 0 Å². The molecule has 1 aromatic heterocycles. The van der Waals surface area contributed by atoms with Crippen LogP contribution >= 0.6 is 11.8 Å². The van der Waals surface area contributed by atoms with Crippen molar-refractivity contribution >= 4 is 22.8 Å². The van der Waals surface area contributed by atoms with Gasteiger partial charge in [-0.05, 0) is 24.3 Å². The minimum Gasteiger partial charge on any atom is -0.490 e. The summed E-state index contributed by atoms with van der Waals surface area (Å²) in [4.78, 5) is 4.57. The molecule has 0 amide bonds. The van der Waals surface area contributed by atoms with Crippen molar-refractivity contribution in [2.24, 2.45) is 7.05 Å². The maximum Gasteiger partial charge on any atom is 0.168 e. The molecule has 0 aliphatic heterocycles. The summed E-state index contributed by atoms with van der Waals surface area (Å²) in [6, 6.07) is 14.5. The Labute approximate surface area is 126 Å². The summed E-state index contributed by atoms with van der Waals surface area (Å²) in [6.07, 6.45) is 0. The standard InChI is InChI=1S/C16H15FN2OS/c1-19-14-8-4-3-7-13(14)18-16(19)21-11-10-20-15-9-5-2-6-12(15)17/h2-9H,10-11H2,1H3. The number of fused-ring (bicyclic) bond motifs is 1. The number of hydrogen-bond acceptors (Lipinski definition) is 3. The summed E-state index contributed by atoms with van der Waals surface area (Å²) in [5.74, 6) is 0.680. The summed E-state index contributed by atoms with van der Waals surface area (Å²) >= 11 is 1.60. The van der Waals surface area contributed by atoms with Gasteiger partial charge in [0, 0.05) is 12.8 Å². The van der Waals surface area contributed by atoms with Gasteiger partial charge in [0.25, 0.3) is 0 Å². The fourth-order valence-electron chi connectivity index (χ4n) is 2.10. The highest BCUT2D eigenvalue weighted by atomic mass is 32.2. The Morgan fingerprint density at radius 2 is 1.90 bits per heavy atom. The van der Waals surface area contributed by atoms with Crippen LogP contribution in [0, 0.1) is 5.82 Å². The van der Waals surface area contributed by atoms with Crippen LogP contribution in [0.1, 0.15) is 0 Å². The number of para-hydroxylation sites is 3. The Hall–Kier alpha value is -2.01. The Bertz CT molecular complexity index is 757. The van der Waals surface area contributed by atoms with Crippen molar-refractivity contribution < 1.29 is 9.13 Å². The third-order valence-corrected chi connectivity index (χ3v) is 4.15. The molecule has 5 heteroatoms. The molecule has 0 fully saturated rings. The Morgan fingerprint density at radius 1 is 1.14 bits per heavy atom. The molecule has 0 saturated heterocycles. The molecule has 0 aliphatic rings. The number of rotatable bonds is 5. The lowest BCUT2D eigenvalue weighted by atomic mass is 10.3. The van der Waals surface area contributed by atoms with E-state index in [0.717, 1.165) is 16.2 Å². The van der Waals surface area contributed by atoms with Crippen LogP contribution in [0.15, 0.2) is 53.7 Å². The van der Waals surface area contributed by atoms with Gasteiger partial charge in [-0.3, -0.25) is 0 Å². The molecule has 0 N–H and O–H groups in total. The number of aryl methyl sites for hydroxylation is 1. The number of nitrogens with zero attached hydrogens (tertiary/aromatic N) is 2. The van der Waals surface area contributed by atoms with E-state index in [1.54, 1.807) is 30.0 Å². The smallest absolute Gasteiger partial charge is 0.168 e. The number of thioether (sulfide) groups is 1. The van der Waals surface area contributed by atoms with Crippen LogP contribution < -0.4 is 4.74 Å². The van der Waals surface area contributed by atoms with E-state index >= 15 is 0 Å². The molecule has 0 unspecified atom stereocenters. The summed E-state index contributed by atoms with van der Waals surface area (Å²) in [5.41, 5.74) is 2.09. The summed E-state index contributed by atoms with van der Waals surface area (Å²) < 4.78 is 20.9. The number of halogens is 1. The van der Waals surface area contributed by atoms with Crippen molar-refractivity contribution in [2.45, 2.75) is 5.16 Å². The molecule has 0 spiro atoms. The molecule has 2 aromatic carbocycles. The van der Waals surface area contributed by atoms with Gasteiger partial charge in [-0.15, -0.1) is 0 Å². The molecule has 0 radical (unpaired) electrons. The zero-order valence-corrected chi connectivity index (χ0v) is 12.4. The van der Waals surface area contributed by atoms with Crippen molar-refractivity contribution in [3.05, 3.63) is 54.3 Å². The molecule has 21 heavy (non-hydrogen) atoms. The van der Waals surface area contributed by atoms with Crippen LogP contribution in [0.25, 0.3) is 11.0 Å². The SMILES string of the molecule is Cn1c(SCCOc2ccccc2F)nc2ccccc21. The first kappa shape index (κ1) is 13.9. The minimum absolute atomic E-state index is 0.295. The minimum atomic E-state index is -0.328. The number of imidazole rings is 1. The topological polar surface area (TPSA) is 27.1 Å². The molecule has 0 saturated carbocycles. The van der Waals surface area contributed by atoms with Crippen molar-refractivity contribution in [1.29, 1.82) is 0 Å². The van der Waals surface area contributed by atoms with E-state index in [1.807, 2.05) is 31.3 Å². The van der Waals surface area contributed by atoms with Gasteiger partial charge < -0.3 is 9.30 Å². The van der Waals surface area contributed by atoms with Gasteiger partial charge in [0.1, 0.15) is 0 Å². The van der Waals surface area contributed by atoms with E-state index in [0.29, 0.717) is 18.1 Å². The molecule has 3 rings (SSSR count). The fraction of sp³-hybridized carbons (Fsp3) is 0.188. The zero-order chi connectivity index (χ0) is 14.7. The average molecular weight is 302 g/mol. The second-order valence-corrected chi connectivity index (χ2v) is 5.63. The quantitative estimate of drug-likeness (QED) is 0.528. The first-order valence-electron chi connectivity index (χ1n) is 6.67. The van der Waals surface area contributed by atoms with Gasteiger partial charge in [-0.2, -0.15) is 0 Å². The maximum absolute atomic E-state index is 13.4. The van der Waals surface area contributed by atoms with Gasteiger partial charge in [0.05, 0.1) is 17.6 Å². The third kappa shape index (κ3) is 3.03. The highest BCUT2D eigenvalue weighted by Crippen LogP contribution is 2.23. The third-order valence-electron chi connectivity index (χ3n) is 3.15. The van der Waals surface area contributed by atoms with Crippen LogP contribution in [0.3, 0.4) is 0 Å². The molecule has 3 nitrogen and oxygen atoms in total. The molecule has 0 atom stereocenters. The Balaban J connectivity index is 1.60. The Kier molecular flexibility index (Phi) is 4.10. The van der Waals surface area contributed by atoms with Gasteiger partial charge in [0.15, 0.2) is 16.7 Å². The van der Waals surface area contributed by atoms with E-state index < -0.39 is 0 Å². The van der Waals surface area contributed by atoms with Crippen LogP contribution in [0.5, 0.6) is 5.75 Å². The first-order valence-corrected chi connectivity index (χ1v) is 7.66. The van der Waals surface area contributed by atoms with Crippen molar-refractivity contribution in [3.8, 4) is 5.75 Å². The lowest BCUT2D eigenvalue weighted by molar-refractivity contribution is 0.325. The predicted molar refractivity (Wildman–Crippen MR) is 83.3 cm³/mol. The van der Waals surface area contributed by atoms with Crippen LogP contribution in [0.2, 0.25) is 0 Å². The first-order chi connectivity index (χ1) is 10.3. The lowest BCUT2D eigenvalue weighted by Crippen LogP contribution is -2.02. The van der Waals surface area contributed by atoms with E-state index in [1.165, 1.54) is 6.07 Å². The zero-order valence-electron chi connectivity index (χ0n) is 11.6. The monoisotopic (exact) mass is 302 g/mol. The number of ether oxygens (including phenoxy) is 1. The predicted octanol–water partition coefficient (Wildman–Crippen LogP) is 3.88. The second-order valence-electron chi connectivity index (χ2n) is 4.57. The molecule has 0 bridgehead atoms. The second kappa shape index (κ2) is 6.18. The van der Waals surface area contributed by atoms with Crippen LogP contribution in [-0.2, 0) is 7.05 Å². The van der Waals surface area contributed by atoms with E-state index in [-0.39, 0.29) is 5.82 Å². The summed E-state index contributed by atoms with van der Waals surface area (Å²) in [5, 5.41) is 0.938. The maximum atomic E-state index is 13.4. The van der Waals surface area contributed by atoms with Crippen LogP contribution in [0.4, 0.5) is 4.39 Å². The molecule has 1 heterocycles. The molecule has 108 valence electrons. The highest BCUT2D eigenvalue weighted by molar-refractivity contribution is 7.99. The van der Waals surface area contributed by atoms with E-state index in [2.05, 4.69) is 9.55 Å². The average Bonchev–Trinajstić information content (AvgIpc) is 2.82. The normalized spacial score (nSPS) is 11.0. The highest BCUT2D eigenvalue weighted by Gasteiger charge is 2.07.